The van der Waals surface area contributed by atoms with Crippen LogP contribution in [0.25, 0.3) is 16.6 Å². The van der Waals surface area contributed by atoms with Crippen LogP contribution in [0.3, 0.4) is 0 Å². The number of rotatable bonds is 6. The Morgan fingerprint density at radius 1 is 1.00 bits per heavy atom. The number of carbonyl (C=O) groups is 2. The molecule has 172 valence electrons. The predicted octanol–water partition coefficient (Wildman–Crippen LogP) is 3.96. The van der Waals surface area contributed by atoms with E-state index in [0.717, 1.165) is 11.8 Å². The summed E-state index contributed by atoms with van der Waals surface area (Å²) in [7, 11) is 3.33. The average molecular weight is 477 g/mol. The van der Waals surface area contributed by atoms with Crippen LogP contribution in [0.5, 0.6) is 0 Å². The predicted molar refractivity (Wildman–Crippen MR) is 131 cm³/mol. The van der Waals surface area contributed by atoms with E-state index >= 15 is 0 Å². The lowest BCUT2D eigenvalue weighted by molar-refractivity contribution is -0.113. The van der Waals surface area contributed by atoms with E-state index in [9.17, 15) is 18.8 Å². The molecule has 0 unspecified atom stereocenters. The summed E-state index contributed by atoms with van der Waals surface area (Å²) in [4.78, 5) is 43.8. The van der Waals surface area contributed by atoms with Crippen LogP contribution < -0.4 is 10.9 Å². The zero-order chi connectivity index (χ0) is 24.2. The molecular weight excluding hydrogens is 455 g/mol. The molecule has 0 saturated heterocycles. The maximum atomic E-state index is 14.6. The average Bonchev–Trinajstić information content (AvgIpc) is 2.83. The Morgan fingerprint density at radius 3 is 2.38 bits per heavy atom. The number of aromatic nitrogens is 2. The summed E-state index contributed by atoms with van der Waals surface area (Å²) in [5.41, 5.74) is 1.14. The zero-order valence-corrected chi connectivity index (χ0v) is 19.3. The SMILES string of the molecule is CN(C)C(=O)c1ccc(NC(=O)CSc2nc3ccccc3c(=O)n2-c2ccccc2F)cc1. The standard InChI is InChI=1S/C25H21FN4O3S/c1-29(2)23(32)16-11-13-17(14-12-16)27-22(31)15-34-25-28-20-9-5-3-7-18(20)24(33)30(25)21-10-6-4-8-19(21)26/h3-14H,15H2,1-2H3,(H,27,31). The lowest BCUT2D eigenvalue weighted by Gasteiger charge is -2.14. The number of halogens is 1. The first kappa shape index (κ1) is 23.2. The molecule has 0 aliphatic heterocycles. The molecule has 0 aliphatic carbocycles. The summed E-state index contributed by atoms with van der Waals surface area (Å²) < 4.78 is 15.7. The first-order valence-electron chi connectivity index (χ1n) is 10.4. The Kier molecular flexibility index (Phi) is 6.74. The highest BCUT2D eigenvalue weighted by atomic mass is 32.2. The van der Waals surface area contributed by atoms with Gasteiger partial charge in [0.05, 0.1) is 22.3 Å². The quantitative estimate of drug-likeness (QED) is 0.336. The van der Waals surface area contributed by atoms with Crippen LogP contribution in [0.2, 0.25) is 0 Å². The van der Waals surface area contributed by atoms with E-state index in [2.05, 4.69) is 10.3 Å². The molecule has 1 aromatic heterocycles. The molecule has 1 N–H and O–H groups in total. The van der Waals surface area contributed by atoms with Crippen LogP contribution >= 0.6 is 11.8 Å². The zero-order valence-electron chi connectivity index (χ0n) is 18.5. The topological polar surface area (TPSA) is 84.3 Å². The molecule has 0 saturated carbocycles. The van der Waals surface area contributed by atoms with Gasteiger partial charge < -0.3 is 10.2 Å². The van der Waals surface area contributed by atoms with Crippen molar-refractivity contribution >= 4 is 40.2 Å². The first-order chi connectivity index (χ1) is 16.3. The summed E-state index contributed by atoms with van der Waals surface area (Å²) in [5.74, 6) is -1.10. The molecule has 3 aromatic carbocycles. The van der Waals surface area contributed by atoms with Gasteiger partial charge in [0.15, 0.2) is 5.16 Å². The lowest BCUT2D eigenvalue weighted by atomic mass is 10.2. The normalized spacial score (nSPS) is 10.8. The van der Waals surface area contributed by atoms with Gasteiger partial charge in [0.1, 0.15) is 5.82 Å². The van der Waals surface area contributed by atoms with Gasteiger partial charge in [0.2, 0.25) is 5.91 Å². The van der Waals surface area contributed by atoms with Crippen molar-refractivity contribution in [3.63, 3.8) is 0 Å². The molecule has 34 heavy (non-hydrogen) atoms. The molecule has 0 aliphatic rings. The Labute approximate surface area is 199 Å². The number of nitrogens with one attached hydrogen (secondary N) is 1. The van der Waals surface area contributed by atoms with Crippen molar-refractivity contribution in [2.24, 2.45) is 0 Å². The Balaban J connectivity index is 1.58. The van der Waals surface area contributed by atoms with Crippen LogP contribution in [-0.4, -0.2) is 46.1 Å². The smallest absolute Gasteiger partial charge is 0.266 e. The fraction of sp³-hybridized carbons (Fsp3) is 0.120. The van der Waals surface area contributed by atoms with Crippen LogP contribution in [0.15, 0.2) is 82.7 Å². The molecule has 0 radical (unpaired) electrons. The van der Waals surface area contributed by atoms with Gasteiger partial charge in [0.25, 0.3) is 11.5 Å². The molecule has 0 spiro atoms. The molecule has 0 bridgehead atoms. The van der Waals surface area contributed by atoms with E-state index in [1.165, 1.54) is 27.7 Å². The molecule has 2 amide bonds. The van der Waals surface area contributed by atoms with Crippen molar-refractivity contribution in [3.8, 4) is 5.69 Å². The largest absolute Gasteiger partial charge is 0.345 e. The minimum atomic E-state index is -0.569. The lowest BCUT2D eigenvalue weighted by Crippen LogP contribution is -2.23. The van der Waals surface area contributed by atoms with Gasteiger partial charge in [-0.05, 0) is 48.5 Å². The molecule has 4 rings (SSSR count). The maximum Gasteiger partial charge on any atom is 0.266 e. The first-order valence-corrected chi connectivity index (χ1v) is 11.3. The monoisotopic (exact) mass is 476 g/mol. The van der Waals surface area contributed by atoms with Crippen LogP contribution in [-0.2, 0) is 4.79 Å². The van der Waals surface area contributed by atoms with Crippen molar-refractivity contribution in [1.82, 2.24) is 14.5 Å². The number of carbonyl (C=O) groups excluding carboxylic acids is 2. The summed E-state index contributed by atoms with van der Waals surface area (Å²) in [6.07, 6.45) is 0. The van der Waals surface area contributed by atoms with Crippen LogP contribution in [0.1, 0.15) is 10.4 Å². The molecule has 4 aromatic rings. The highest BCUT2D eigenvalue weighted by molar-refractivity contribution is 7.99. The van der Waals surface area contributed by atoms with Gasteiger partial charge in [-0.25, -0.2) is 9.37 Å². The fourth-order valence-corrected chi connectivity index (χ4v) is 4.14. The number of amides is 2. The molecule has 7 nitrogen and oxygen atoms in total. The number of hydrogen-bond donors (Lipinski definition) is 1. The van der Waals surface area contributed by atoms with Crippen molar-refractivity contribution in [2.75, 3.05) is 25.2 Å². The van der Waals surface area contributed by atoms with Crippen molar-refractivity contribution in [1.29, 1.82) is 0 Å². The third-order valence-electron chi connectivity index (χ3n) is 4.99. The van der Waals surface area contributed by atoms with Crippen molar-refractivity contribution in [3.05, 3.63) is 94.5 Å². The highest BCUT2D eigenvalue weighted by Crippen LogP contribution is 2.23. The second kappa shape index (κ2) is 9.88. The van der Waals surface area contributed by atoms with Gasteiger partial charge >= 0.3 is 0 Å². The minimum absolute atomic E-state index is 0.0579. The fourth-order valence-electron chi connectivity index (χ4n) is 3.34. The maximum absolute atomic E-state index is 14.6. The number of para-hydroxylation sites is 2. The third-order valence-corrected chi connectivity index (χ3v) is 5.93. The molecule has 0 fully saturated rings. The second-order valence-electron chi connectivity index (χ2n) is 7.62. The molecule has 1 heterocycles. The van der Waals surface area contributed by atoms with Gasteiger partial charge in [0, 0.05) is 25.3 Å². The second-order valence-corrected chi connectivity index (χ2v) is 8.56. The van der Waals surface area contributed by atoms with Crippen LogP contribution in [0.4, 0.5) is 10.1 Å². The Bertz CT molecular complexity index is 1430. The highest BCUT2D eigenvalue weighted by Gasteiger charge is 2.17. The Morgan fingerprint density at radius 2 is 1.68 bits per heavy atom. The van der Waals surface area contributed by atoms with Gasteiger partial charge in [-0.3, -0.25) is 19.0 Å². The minimum Gasteiger partial charge on any atom is -0.345 e. The number of benzene rings is 3. The number of hydrogen-bond acceptors (Lipinski definition) is 5. The summed E-state index contributed by atoms with van der Waals surface area (Å²) in [6.45, 7) is 0. The van der Waals surface area contributed by atoms with Gasteiger partial charge in [-0.15, -0.1) is 0 Å². The number of anilines is 1. The van der Waals surface area contributed by atoms with E-state index in [0.29, 0.717) is 22.2 Å². The Hall–Kier alpha value is -3.98. The molecular formula is C25H21FN4O3S. The summed E-state index contributed by atoms with van der Waals surface area (Å²) in [5, 5.41) is 3.31. The van der Waals surface area contributed by atoms with Gasteiger partial charge in [-0.1, -0.05) is 36.0 Å². The van der Waals surface area contributed by atoms with E-state index in [4.69, 9.17) is 0 Å². The van der Waals surface area contributed by atoms with E-state index in [1.54, 1.807) is 68.7 Å². The third kappa shape index (κ3) is 4.84. The number of nitrogens with zero attached hydrogens (tertiary/aromatic N) is 3. The summed E-state index contributed by atoms with van der Waals surface area (Å²) >= 11 is 1.03. The van der Waals surface area contributed by atoms with Crippen molar-refractivity contribution in [2.45, 2.75) is 5.16 Å². The van der Waals surface area contributed by atoms with E-state index < -0.39 is 11.4 Å². The summed E-state index contributed by atoms with van der Waals surface area (Å²) in [6, 6.07) is 19.3. The number of fused-ring (bicyclic) bond motifs is 1. The number of thioether (sulfide) groups is 1. The van der Waals surface area contributed by atoms with Crippen LogP contribution in [0, 0.1) is 5.82 Å². The van der Waals surface area contributed by atoms with E-state index in [-0.39, 0.29) is 28.4 Å². The van der Waals surface area contributed by atoms with Gasteiger partial charge in [-0.2, -0.15) is 0 Å². The molecule has 0 atom stereocenters. The molecule has 9 heteroatoms. The van der Waals surface area contributed by atoms with E-state index in [1.807, 2.05) is 0 Å². The van der Waals surface area contributed by atoms with Crippen molar-refractivity contribution < 1.29 is 14.0 Å².